The monoisotopic (exact) mass is 314 g/mol. The van der Waals surface area contributed by atoms with Crippen LogP contribution in [0.4, 0.5) is 0 Å². The van der Waals surface area contributed by atoms with Crippen LogP contribution in [0.1, 0.15) is 11.3 Å². The number of pyridine rings is 1. The van der Waals surface area contributed by atoms with Gasteiger partial charge < -0.3 is 9.47 Å². The second-order valence-corrected chi connectivity index (χ2v) is 5.56. The lowest BCUT2D eigenvalue weighted by atomic mass is 9.97. The summed E-state index contributed by atoms with van der Waals surface area (Å²) >= 11 is 0. The highest BCUT2D eigenvalue weighted by molar-refractivity contribution is 5.78. The number of nitrogens with zero attached hydrogens (tertiary/aromatic N) is 2. The van der Waals surface area contributed by atoms with E-state index >= 15 is 0 Å². The molecule has 4 heteroatoms. The van der Waals surface area contributed by atoms with Gasteiger partial charge in [0.2, 0.25) is 6.79 Å². The zero-order valence-corrected chi connectivity index (χ0v) is 13.1. The van der Waals surface area contributed by atoms with Gasteiger partial charge in [-0.05, 0) is 30.7 Å². The van der Waals surface area contributed by atoms with Crippen molar-refractivity contribution in [1.82, 2.24) is 4.98 Å². The average Bonchev–Trinajstić information content (AvgIpc) is 3.09. The van der Waals surface area contributed by atoms with Gasteiger partial charge in [-0.2, -0.15) is 5.26 Å². The van der Waals surface area contributed by atoms with Crippen molar-refractivity contribution in [1.29, 1.82) is 5.26 Å². The van der Waals surface area contributed by atoms with Crippen LogP contribution in [-0.2, 0) is 0 Å². The molecule has 4 rings (SSSR count). The van der Waals surface area contributed by atoms with Crippen LogP contribution in [0.15, 0.2) is 54.6 Å². The number of fused-ring (bicyclic) bond motifs is 1. The second-order valence-electron chi connectivity index (χ2n) is 5.56. The number of rotatable bonds is 2. The Bertz CT molecular complexity index is 959. The molecule has 0 atom stereocenters. The van der Waals surface area contributed by atoms with Gasteiger partial charge in [0.05, 0.1) is 17.0 Å². The van der Waals surface area contributed by atoms with Crippen LogP contribution in [0.2, 0.25) is 0 Å². The lowest BCUT2D eigenvalue weighted by Crippen LogP contribution is -1.96. The van der Waals surface area contributed by atoms with E-state index in [9.17, 15) is 5.26 Å². The van der Waals surface area contributed by atoms with Gasteiger partial charge in [0.1, 0.15) is 6.07 Å². The van der Waals surface area contributed by atoms with Crippen LogP contribution in [0, 0.1) is 18.3 Å². The molecule has 1 aliphatic rings. The van der Waals surface area contributed by atoms with Gasteiger partial charge in [-0.1, -0.05) is 36.4 Å². The first-order valence-corrected chi connectivity index (χ1v) is 7.63. The first-order valence-electron chi connectivity index (χ1n) is 7.63. The molecule has 0 saturated heterocycles. The number of hydrogen-bond donors (Lipinski definition) is 0. The molecule has 2 heterocycles. The maximum absolute atomic E-state index is 9.57. The second kappa shape index (κ2) is 5.71. The molecule has 0 radical (unpaired) electrons. The zero-order valence-electron chi connectivity index (χ0n) is 13.1. The van der Waals surface area contributed by atoms with Crippen molar-refractivity contribution in [3.8, 4) is 40.0 Å². The Labute approximate surface area is 139 Å². The summed E-state index contributed by atoms with van der Waals surface area (Å²) in [5.74, 6) is 1.43. The fourth-order valence-electron chi connectivity index (χ4n) is 2.86. The molecule has 116 valence electrons. The van der Waals surface area contributed by atoms with Gasteiger partial charge in [0.25, 0.3) is 0 Å². The highest BCUT2D eigenvalue weighted by atomic mass is 16.7. The third kappa shape index (κ3) is 2.37. The van der Waals surface area contributed by atoms with Crippen LogP contribution in [0.3, 0.4) is 0 Å². The molecule has 0 bridgehead atoms. The predicted octanol–water partition coefficient (Wildman–Crippen LogP) is 4.32. The van der Waals surface area contributed by atoms with Gasteiger partial charge in [-0.25, -0.2) is 0 Å². The van der Waals surface area contributed by atoms with Crippen LogP contribution in [0.25, 0.3) is 22.4 Å². The molecule has 0 unspecified atom stereocenters. The Morgan fingerprint density at radius 2 is 1.75 bits per heavy atom. The summed E-state index contributed by atoms with van der Waals surface area (Å²) in [5.41, 5.74) is 4.92. The lowest BCUT2D eigenvalue weighted by Gasteiger charge is -2.11. The van der Waals surface area contributed by atoms with E-state index in [1.165, 1.54) is 0 Å². The summed E-state index contributed by atoms with van der Waals surface area (Å²) in [5, 5.41) is 9.57. The minimum Gasteiger partial charge on any atom is -0.454 e. The number of ether oxygens (including phenoxy) is 2. The van der Waals surface area contributed by atoms with Gasteiger partial charge in [-0.3, -0.25) is 4.98 Å². The zero-order chi connectivity index (χ0) is 16.5. The van der Waals surface area contributed by atoms with E-state index < -0.39 is 0 Å². The summed E-state index contributed by atoms with van der Waals surface area (Å²) in [6.07, 6.45) is 0. The molecule has 0 N–H and O–H groups in total. The van der Waals surface area contributed by atoms with E-state index in [-0.39, 0.29) is 6.79 Å². The Morgan fingerprint density at radius 3 is 2.54 bits per heavy atom. The summed E-state index contributed by atoms with van der Waals surface area (Å²) in [7, 11) is 0. The smallest absolute Gasteiger partial charge is 0.231 e. The van der Waals surface area contributed by atoms with Crippen molar-refractivity contribution in [3.05, 3.63) is 65.9 Å². The van der Waals surface area contributed by atoms with Crippen molar-refractivity contribution in [2.24, 2.45) is 0 Å². The van der Waals surface area contributed by atoms with Crippen LogP contribution in [-0.4, -0.2) is 11.8 Å². The minimum atomic E-state index is 0.231. The maximum atomic E-state index is 9.57. The highest BCUT2D eigenvalue weighted by Crippen LogP contribution is 2.38. The van der Waals surface area contributed by atoms with Gasteiger partial charge in [0.15, 0.2) is 11.5 Å². The minimum absolute atomic E-state index is 0.231. The summed E-state index contributed by atoms with van der Waals surface area (Å²) in [4.78, 5) is 4.59. The first-order chi connectivity index (χ1) is 11.8. The highest BCUT2D eigenvalue weighted by Gasteiger charge is 2.17. The third-order valence-electron chi connectivity index (χ3n) is 4.07. The molecule has 0 aliphatic carbocycles. The molecule has 0 amide bonds. The van der Waals surface area contributed by atoms with Crippen LogP contribution >= 0.6 is 0 Å². The van der Waals surface area contributed by atoms with E-state index in [1.54, 1.807) is 0 Å². The number of nitriles is 1. The van der Waals surface area contributed by atoms with E-state index in [0.29, 0.717) is 17.0 Å². The number of hydrogen-bond acceptors (Lipinski definition) is 4. The van der Waals surface area contributed by atoms with Crippen LogP contribution in [0.5, 0.6) is 11.5 Å². The molecule has 4 nitrogen and oxygen atoms in total. The molecule has 1 aliphatic heterocycles. The van der Waals surface area contributed by atoms with E-state index in [4.69, 9.17) is 9.47 Å². The topological polar surface area (TPSA) is 55.1 Å². The van der Waals surface area contributed by atoms with E-state index in [0.717, 1.165) is 28.1 Å². The van der Waals surface area contributed by atoms with E-state index in [1.807, 2.05) is 61.5 Å². The number of aromatic nitrogens is 1. The first kappa shape index (κ1) is 14.3. The standard InChI is InChI=1S/C20H14N2O2/c1-13-17(11-21)16(10-18(22-13)14-5-3-2-4-6-14)15-7-8-19-20(9-15)24-12-23-19/h2-10H,12H2,1H3. The molecular weight excluding hydrogens is 300 g/mol. The Kier molecular flexibility index (Phi) is 3.40. The molecule has 0 fully saturated rings. The van der Waals surface area contributed by atoms with Crippen molar-refractivity contribution < 1.29 is 9.47 Å². The molecule has 3 aromatic rings. The SMILES string of the molecule is Cc1nc(-c2ccccc2)cc(-c2ccc3c(c2)OCO3)c1C#N. The molecule has 1 aromatic heterocycles. The summed E-state index contributed by atoms with van der Waals surface area (Å²) in [6, 6.07) is 19.9. The third-order valence-corrected chi connectivity index (χ3v) is 4.07. The normalized spacial score (nSPS) is 12.0. The Hall–Kier alpha value is -3.32. The van der Waals surface area contributed by atoms with Crippen molar-refractivity contribution >= 4 is 0 Å². The molecule has 24 heavy (non-hydrogen) atoms. The largest absolute Gasteiger partial charge is 0.454 e. The lowest BCUT2D eigenvalue weighted by molar-refractivity contribution is 0.174. The quantitative estimate of drug-likeness (QED) is 0.706. The molecule has 2 aromatic carbocycles. The van der Waals surface area contributed by atoms with Gasteiger partial charge in [0, 0.05) is 11.1 Å². The predicted molar refractivity (Wildman–Crippen MR) is 90.7 cm³/mol. The Balaban J connectivity index is 1.91. The van der Waals surface area contributed by atoms with Gasteiger partial charge >= 0.3 is 0 Å². The van der Waals surface area contributed by atoms with Crippen LogP contribution < -0.4 is 9.47 Å². The van der Waals surface area contributed by atoms with Crippen molar-refractivity contribution in [3.63, 3.8) is 0 Å². The number of benzene rings is 2. The van der Waals surface area contributed by atoms with Crippen molar-refractivity contribution in [2.45, 2.75) is 6.92 Å². The fourth-order valence-corrected chi connectivity index (χ4v) is 2.86. The van der Waals surface area contributed by atoms with E-state index in [2.05, 4.69) is 11.1 Å². The molecule has 0 saturated carbocycles. The number of aryl methyl sites for hydroxylation is 1. The summed E-state index contributed by atoms with van der Waals surface area (Å²) in [6.45, 7) is 2.09. The molecular formula is C20H14N2O2. The molecule has 0 spiro atoms. The fraction of sp³-hybridized carbons (Fsp3) is 0.100. The van der Waals surface area contributed by atoms with Gasteiger partial charge in [-0.15, -0.1) is 0 Å². The Morgan fingerprint density at radius 1 is 0.958 bits per heavy atom. The van der Waals surface area contributed by atoms with Crippen molar-refractivity contribution in [2.75, 3.05) is 6.79 Å². The summed E-state index contributed by atoms with van der Waals surface area (Å²) < 4.78 is 10.8. The average molecular weight is 314 g/mol. The maximum Gasteiger partial charge on any atom is 0.231 e.